The molecule has 2 N–H and O–H groups in total. The van der Waals surface area contributed by atoms with E-state index in [1.54, 1.807) is 6.08 Å². The van der Waals surface area contributed by atoms with Gasteiger partial charge in [0.1, 0.15) is 5.76 Å². The third kappa shape index (κ3) is 3.77. The number of hydrogen-bond acceptors (Lipinski definition) is 2. The van der Waals surface area contributed by atoms with Crippen molar-refractivity contribution in [1.82, 2.24) is 4.98 Å². The predicted octanol–water partition coefficient (Wildman–Crippen LogP) is 5.30. The summed E-state index contributed by atoms with van der Waals surface area (Å²) in [6, 6.07) is 19.7. The zero-order valence-electron chi connectivity index (χ0n) is 19.5. The summed E-state index contributed by atoms with van der Waals surface area (Å²) < 4.78 is 39.6. The van der Waals surface area contributed by atoms with Gasteiger partial charge in [-0.15, -0.1) is 0 Å². The lowest BCUT2D eigenvalue weighted by atomic mass is 9.97. The van der Waals surface area contributed by atoms with Crippen molar-refractivity contribution in [2.24, 2.45) is 0 Å². The molecule has 0 saturated carbocycles. The summed E-state index contributed by atoms with van der Waals surface area (Å²) >= 11 is 0. The fourth-order valence-electron chi connectivity index (χ4n) is 4.84. The molecule has 0 bridgehead atoms. The van der Waals surface area contributed by atoms with E-state index in [0.29, 0.717) is 11.4 Å². The normalized spacial score (nSPS) is 19.5. The molecule has 0 spiro atoms. The van der Waals surface area contributed by atoms with Crippen molar-refractivity contribution in [3.8, 4) is 11.1 Å². The van der Waals surface area contributed by atoms with Gasteiger partial charge in [-0.25, -0.2) is 4.99 Å². The minimum absolute atomic E-state index is 0.0574. The molecule has 3 aromatic rings. The number of H-pyrrole nitrogens is 1. The first-order valence-corrected chi connectivity index (χ1v) is 11.2. The van der Waals surface area contributed by atoms with Crippen molar-refractivity contribution in [2.45, 2.75) is 27.7 Å². The monoisotopic (exact) mass is 458 g/mol. The minimum atomic E-state index is -4.55. The first kappa shape index (κ1) is 22.0. The van der Waals surface area contributed by atoms with E-state index in [1.807, 2.05) is 88.4 Å². The molecular formula is C27H25BF2N2O2. The number of benzene rings is 2. The highest BCUT2D eigenvalue weighted by Crippen LogP contribution is 2.39. The van der Waals surface area contributed by atoms with Gasteiger partial charge in [0.15, 0.2) is 11.5 Å². The van der Waals surface area contributed by atoms with Crippen LogP contribution in [0.3, 0.4) is 0 Å². The van der Waals surface area contributed by atoms with Crippen molar-refractivity contribution in [2.75, 3.05) is 0 Å². The van der Waals surface area contributed by atoms with E-state index in [-0.39, 0.29) is 11.5 Å². The maximum atomic E-state index is 14.7. The van der Waals surface area contributed by atoms with E-state index in [1.165, 1.54) is 0 Å². The van der Waals surface area contributed by atoms with E-state index < -0.39 is 7.11 Å². The molecule has 5 rings (SSSR count). The van der Waals surface area contributed by atoms with Gasteiger partial charge in [0.25, 0.3) is 0 Å². The van der Waals surface area contributed by atoms with E-state index in [2.05, 4.69) is 9.98 Å². The van der Waals surface area contributed by atoms with Crippen LogP contribution in [0.5, 0.6) is 0 Å². The van der Waals surface area contributed by atoms with Crippen LogP contribution in [0.15, 0.2) is 83.8 Å². The fraction of sp³-hybridized carbons (Fsp3) is 0.148. The van der Waals surface area contributed by atoms with Crippen LogP contribution >= 0.6 is 0 Å². The van der Waals surface area contributed by atoms with Crippen LogP contribution in [-0.2, 0) is 9.31 Å². The number of hydrogen-bond donors (Lipinski definition) is 2. The van der Waals surface area contributed by atoms with E-state index in [0.717, 1.165) is 44.8 Å². The van der Waals surface area contributed by atoms with Crippen LogP contribution < -0.4 is 4.99 Å². The van der Waals surface area contributed by atoms with E-state index in [9.17, 15) is 8.63 Å². The second kappa shape index (κ2) is 8.17. The van der Waals surface area contributed by atoms with Crippen LogP contribution in [0, 0.1) is 13.8 Å². The highest BCUT2D eigenvalue weighted by Gasteiger charge is 2.42. The van der Waals surface area contributed by atoms with Crippen molar-refractivity contribution >= 4 is 24.1 Å². The maximum Gasteiger partial charge on any atom is 0.726 e. The lowest BCUT2D eigenvalue weighted by Gasteiger charge is -2.34. The largest absolute Gasteiger partial charge is 0.726 e. The number of aromatic nitrogens is 1. The maximum absolute atomic E-state index is 14.7. The Morgan fingerprint density at radius 3 is 2.09 bits per heavy atom. The Labute approximate surface area is 197 Å². The highest BCUT2D eigenvalue weighted by atomic mass is 19.3. The summed E-state index contributed by atoms with van der Waals surface area (Å²) in [5.41, 5.74) is 8.44. The van der Waals surface area contributed by atoms with Gasteiger partial charge in [0, 0.05) is 29.8 Å². The Morgan fingerprint density at radius 1 is 0.824 bits per heavy atom. The average Bonchev–Trinajstić information content (AvgIpc) is 3.28. The number of allylic oxidation sites excluding steroid dienone is 3. The molecule has 0 amide bonds. The first-order chi connectivity index (χ1) is 16.2. The summed E-state index contributed by atoms with van der Waals surface area (Å²) in [5, 5.41) is 0. The quantitative estimate of drug-likeness (QED) is 0.524. The molecule has 0 unspecified atom stereocenters. The molecule has 4 nitrogen and oxygen atoms in total. The Morgan fingerprint density at radius 2 is 1.44 bits per heavy atom. The Hall–Kier alpha value is -3.87. The van der Waals surface area contributed by atoms with E-state index in [4.69, 9.17) is 9.31 Å². The number of halogens is 2. The Balaban J connectivity index is 1.64. The standard InChI is InChI=1S/C27H24BF2N2O2/c1-16-24(20-11-7-5-8-12-20)18(3)31-26(16)22-15-23(34-28(29,30)33-22)27-17(2)25(19(4)32-27)21-13-9-6-10-14-21/h5-15,31H,1-4H3/q-1/p+1/b27-23-. The zero-order chi connectivity index (χ0) is 24.0. The third-order valence-electron chi connectivity index (χ3n) is 6.28. The molecule has 172 valence electrons. The molecule has 2 aromatic carbocycles. The van der Waals surface area contributed by atoms with Gasteiger partial charge < -0.3 is 22.9 Å². The topological polar surface area (TPSA) is 48.2 Å². The van der Waals surface area contributed by atoms with Gasteiger partial charge >= 0.3 is 7.11 Å². The summed E-state index contributed by atoms with van der Waals surface area (Å²) in [4.78, 5) is 6.50. The van der Waals surface area contributed by atoms with Gasteiger partial charge in [-0.3, -0.25) is 0 Å². The molecular weight excluding hydrogens is 433 g/mol. The fourth-order valence-corrected chi connectivity index (χ4v) is 4.84. The smallest absolute Gasteiger partial charge is 0.626 e. The second-order valence-corrected chi connectivity index (χ2v) is 8.63. The van der Waals surface area contributed by atoms with Gasteiger partial charge in [-0.1, -0.05) is 60.7 Å². The molecule has 2 aliphatic heterocycles. The first-order valence-electron chi connectivity index (χ1n) is 11.2. The molecule has 7 heteroatoms. The van der Waals surface area contributed by atoms with Crippen LogP contribution in [0.25, 0.3) is 22.5 Å². The summed E-state index contributed by atoms with van der Waals surface area (Å²) in [7, 11) is -4.55. The van der Waals surface area contributed by atoms with Gasteiger partial charge in [0.05, 0.1) is 11.3 Å². The molecule has 0 atom stereocenters. The lowest BCUT2D eigenvalue weighted by molar-refractivity contribution is -0.391. The number of aryl methyl sites for hydroxylation is 1. The second-order valence-electron chi connectivity index (χ2n) is 8.63. The van der Waals surface area contributed by atoms with Crippen LogP contribution in [-0.4, -0.2) is 17.8 Å². The summed E-state index contributed by atoms with van der Waals surface area (Å²) in [6.45, 7) is 7.67. The van der Waals surface area contributed by atoms with Gasteiger partial charge in [-0.05, 0) is 37.5 Å². The van der Waals surface area contributed by atoms with Gasteiger partial charge in [0.2, 0.25) is 5.70 Å². The average molecular weight is 458 g/mol. The van der Waals surface area contributed by atoms with Crippen molar-refractivity contribution in [3.05, 3.63) is 106 Å². The number of aromatic amines is 1. The Kier molecular flexibility index (Phi) is 5.27. The molecule has 3 heterocycles. The lowest BCUT2D eigenvalue weighted by Crippen LogP contribution is -2.68. The van der Waals surface area contributed by atoms with Crippen LogP contribution in [0.4, 0.5) is 8.63 Å². The van der Waals surface area contributed by atoms with E-state index >= 15 is 0 Å². The van der Waals surface area contributed by atoms with Crippen molar-refractivity contribution < 1.29 is 22.9 Å². The van der Waals surface area contributed by atoms with Gasteiger partial charge in [-0.2, -0.15) is 0 Å². The zero-order valence-corrected chi connectivity index (χ0v) is 19.5. The number of nitrogens with one attached hydrogen (secondary N) is 2. The van der Waals surface area contributed by atoms with Crippen molar-refractivity contribution in [1.29, 1.82) is 0 Å². The van der Waals surface area contributed by atoms with Crippen molar-refractivity contribution in [3.63, 3.8) is 0 Å². The molecule has 0 fully saturated rings. The summed E-state index contributed by atoms with van der Waals surface area (Å²) in [5.74, 6) is 0.115. The Bertz CT molecular complexity index is 1400. The highest BCUT2D eigenvalue weighted by molar-refractivity contribution is 6.53. The summed E-state index contributed by atoms with van der Waals surface area (Å²) in [6.07, 6.45) is 1.54. The SMILES string of the molecule is CC1=[NH+]/C(=C2/C=C(c3[nH]c(C)c(-c4ccccc4)c3C)O[B-](F)(F)O2)C(C)=C1c1ccccc1. The minimum Gasteiger partial charge on any atom is -0.626 e. The van der Waals surface area contributed by atoms with Crippen LogP contribution in [0.2, 0.25) is 0 Å². The van der Waals surface area contributed by atoms with Crippen LogP contribution in [0.1, 0.15) is 36.4 Å². The molecule has 0 saturated heterocycles. The molecule has 0 radical (unpaired) electrons. The number of rotatable bonds is 3. The molecule has 0 aliphatic carbocycles. The third-order valence-corrected chi connectivity index (χ3v) is 6.28. The predicted molar refractivity (Wildman–Crippen MR) is 132 cm³/mol. The molecule has 34 heavy (non-hydrogen) atoms. The molecule has 2 aliphatic rings. The molecule has 1 aromatic heterocycles.